The van der Waals surface area contributed by atoms with Crippen molar-refractivity contribution in [3.63, 3.8) is 0 Å². The highest BCUT2D eigenvalue weighted by Crippen LogP contribution is 2.60. The van der Waals surface area contributed by atoms with Crippen molar-refractivity contribution in [1.82, 2.24) is 4.90 Å². The average Bonchev–Trinajstić information content (AvgIpc) is 2.79. The van der Waals surface area contributed by atoms with Gasteiger partial charge < -0.3 is 18.9 Å². The van der Waals surface area contributed by atoms with Crippen molar-refractivity contribution in [2.75, 3.05) is 0 Å². The van der Waals surface area contributed by atoms with Crippen LogP contribution in [0.5, 0.6) is 0 Å². The summed E-state index contributed by atoms with van der Waals surface area (Å²) in [4.78, 5) is 15.0. The predicted octanol–water partition coefficient (Wildman–Crippen LogP) is 5.23. The molecule has 164 valence electrons. The van der Waals surface area contributed by atoms with Crippen LogP contribution in [-0.2, 0) is 14.0 Å². The molecule has 0 unspecified atom stereocenters. The lowest BCUT2D eigenvalue weighted by Crippen LogP contribution is -2.54. The standard InChI is InChI=1S/C23H40BNO4/c1-14(2)25(15(3)4)20(26)27-19(24-28-22(7,8)23(9,10)29-24)17-12-11-16-13-18(17)21(16,5)6/h12,14-16,18-19H,11,13H2,1-10H3/t16-,18-,19-/m0/s1. The van der Waals surface area contributed by atoms with Crippen LogP contribution >= 0.6 is 0 Å². The topological polar surface area (TPSA) is 48.0 Å². The average molecular weight is 405 g/mol. The summed E-state index contributed by atoms with van der Waals surface area (Å²) in [6, 6.07) is -0.397. The predicted molar refractivity (Wildman–Crippen MR) is 117 cm³/mol. The number of hydrogen-bond acceptors (Lipinski definition) is 4. The Morgan fingerprint density at radius 1 is 1.07 bits per heavy atom. The molecule has 3 atom stereocenters. The third-order valence-corrected chi connectivity index (χ3v) is 7.91. The van der Waals surface area contributed by atoms with E-state index in [2.05, 4.69) is 19.9 Å². The maximum atomic E-state index is 13.2. The summed E-state index contributed by atoms with van der Waals surface area (Å²) in [6.45, 7) is 20.9. The Morgan fingerprint density at radius 2 is 1.59 bits per heavy atom. The highest BCUT2D eigenvalue weighted by atomic mass is 16.7. The molecule has 2 bridgehead atoms. The van der Waals surface area contributed by atoms with E-state index in [1.54, 1.807) is 4.90 Å². The van der Waals surface area contributed by atoms with Gasteiger partial charge in [0.2, 0.25) is 0 Å². The van der Waals surface area contributed by atoms with Gasteiger partial charge in [0.1, 0.15) is 0 Å². The fourth-order valence-corrected chi connectivity index (χ4v) is 5.20. The second kappa shape index (κ2) is 7.30. The van der Waals surface area contributed by atoms with Gasteiger partial charge in [0.05, 0.1) is 11.2 Å². The molecule has 3 aliphatic carbocycles. The van der Waals surface area contributed by atoms with E-state index in [1.807, 2.05) is 55.4 Å². The molecule has 29 heavy (non-hydrogen) atoms. The van der Waals surface area contributed by atoms with Crippen LogP contribution in [0, 0.1) is 17.3 Å². The van der Waals surface area contributed by atoms with Crippen LogP contribution in [0.15, 0.2) is 11.6 Å². The van der Waals surface area contributed by atoms with E-state index < -0.39 is 24.3 Å². The van der Waals surface area contributed by atoms with Crippen molar-refractivity contribution >= 4 is 13.2 Å². The van der Waals surface area contributed by atoms with Crippen molar-refractivity contribution in [3.8, 4) is 0 Å². The van der Waals surface area contributed by atoms with Crippen LogP contribution in [0.4, 0.5) is 4.79 Å². The number of amides is 1. The molecule has 0 aromatic carbocycles. The van der Waals surface area contributed by atoms with Crippen molar-refractivity contribution < 1.29 is 18.8 Å². The lowest BCUT2D eigenvalue weighted by atomic mass is 9.46. The first-order valence-corrected chi connectivity index (χ1v) is 11.2. The summed E-state index contributed by atoms with van der Waals surface area (Å²) in [5, 5.41) is 0. The molecule has 5 nitrogen and oxygen atoms in total. The number of rotatable bonds is 5. The highest BCUT2D eigenvalue weighted by Gasteiger charge is 2.60. The molecule has 1 heterocycles. The number of carbonyl (C=O) groups excluding carboxylic acids is 1. The Bertz CT molecular complexity index is 658. The molecule has 1 aliphatic heterocycles. The molecule has 0 N–H and O–H groups in total. The minimum atomic E-state index is -0.593. The number of nitrogens with zero attached hydrogens (tertiary/aromatic N) is 1. The van der Waals surface area contributed by atoms with Gasteiger partial charge in [0.25, 0.3) is 0 Å². The van der Waals surface area contributed by atoms with Gasteiger partial charge in [-0.3, -0.25) is 0 Å². The molecule has 0 aromatic heterocycles. The van der Waals surface area contributed by atoms with E-state index >= 15 is 0 Å². The van der Waals surface area contributed by atoms with Gasteiger partial charge in [-0.2, -0.15) is 0 Å². The van der Waals surface area contributed by atoms with Crippen molar-refractivity contribution in [1.29, 1.82) is 0 Å². The Hall–Kier alpha value is -1.01. The molecule has 1 amide bonds. The lowest BCUT2D eigenvalue weighted by Gasteiger charge is -2.57. The zero-order valence-corrected chi connectivity index (χ0v) is 20.0. The van der Waals surface area contributed by atoms with Gasteiger partial charge in [-0.05, 0) is 91.1 Å². The maximum absolute atomic E-state index is 13.2. The summed E-state index contributed by atoms with van der Waals surface area (Å²) in [7, 11) is -0.593. The van der Waals surface area contributed by atoms with Crippen molar-refractivity contribution in [2.24, 2.45) is 17.3 Å². The first-order chi connectivity index (χ1) is 13.2. The molecule has 2 fully saturated rings. The van der Waals surface area contributed by atoms with Crippen LogP contribution in [-0.4, -0.2) is 47.4 Å². The van der Waals surface area contributed by atoms with E-state index in [1.165, 1.54) is 5.57 Å². The Balaban J connectivity index is 1.91. The number of carbonyl (C=O) groups is 1. The first-order valence-electron chi connectivity index (χ1n) is 11.2. The monoisotopic (exact) mass is 405 g/mol. The number of hydrogen-bond donors (Lipinski definition) is 0. The van der Waals surface area contributed by atoms with Gasteiger partial charge >= 0.3 is 13.2 Å². The zero-order chi connectivity index (χ0) is 21.9. The molecule has 6 heteroatoms. The zero-order valence-electron chi connectivity index (χ0n) is 20.0. The van der Waals surface area contributed by atoms with Gasteiger partial charge in [0.15, 0.2) is 6.00 Å². The quantitative estimate of drug-likeness (QED) is 0.464. The van der Waals surface area contributed by atoms with Crippen LogP contribution in [0.2, 0.25) is 0 Å². The van der Waals surface area contributed by atoms with E-state index in [0.29, 0.717) is 11.8 Å². The SMILES string of the molecule is CC(C)N(C(=O)O[C@H](B1OC(C)(C)C(C)(C)O1)C1=CC[C@H]2C[C@@H]1C2(C)C)C(C)C. The Kier molecular flexibility index (Phi) is 5.71. The van der Waals surface area contributed by atoms with Crippen LogP contribution in [0.25, 0.3) is 0 Å². The smallest absolute Gasteiger partial charge is 0.444 e. The highest BCUT2D eigenvalue weighted by molar-refractivity contribution is 6.48. The van der Waals surface area contributed by atoms with E-state index in [9.17, 15) is 4.79 Å². The fourth-order valence-electron chi connectivity index (χ4n) is 5.20. The molecule has 0 spiro atoms. The second-order valence-electron chi connectivity index (χ2n) is 11.3. The van der Waals surface area contributed by atoms with Gasteiger partial charge in [-0.15, -0.1) is 0 Å². The van der Waals surface area contributed by atoms with Gasteiger partial charge in [-0.25, -0.2) is 4.79 Å². The maximum Gasteiger partial charge on any atom is 0.506 e. The molecule has 1 saturated carbocycles. The van der Waals surface area contributed by atoms with E-state index in [-0.39, 0.29) is 23.6 Å². The van der Waals surface area contributed by atoms with Gasteiger partial charge in [0, 0.05) is 12.1 Å². The normalized spacial score (nSPS) is 30.1. The number of fused-ring (bicyclic) bond motifs is 1. The molecular weight excluding hydrogens is 365 g/mol. The first kappa shape index (κ1) is 22.7. The van der Waals surface area contributed by atoms with Crippen LogP contribution < -0.4 is 0 Å². The fraction of sp³-hybridized carbons (Fsp3) is 0.870. The van der Waals surface area contributed by atoms with Crippen LogP contribution in [0.3, 0.4) is 0 Å². The third kappa shape index (κ3) is 3.76. The summed E-state index contributed by atoms with van der Waals surface area (Å²) in [6.07, 6.45) is 4.17. The minimum absolute atomic E-state index is 0.0614. The summed E-state index contributed by atoms with van der Waals surface area (Å²) >= 11 is 0. The molecule has 0 radical (unpaired) electrons. The lowest BCUT2D eigenvalue weighted by molar-refractivity contribution is -0.0229. The van der Waals surface area contributed by atoms with Crippen molar-refractivity contribution in [3.05, 3.63) is 11.6 Å². The minimum Gasteiger partial charge on any atom is -0.444 e. The molecule has 0 aromatic rings. The molecule has 1 saturated heterocycles. The Labute approximate surface area is 177 Å². The molecule has 4 aliphatic rings. The van der Waals surface area contributed by atoms with Gasteiger partial charge in [-0.1, -0.05) is 19.9 Å². The summed E-state index contributed by atoms with van der Waals surface area (Å²) in [5.74, 6) is 1.12. The van der Waals surface area contributed by atoms with E-state index in [4.69, 9.17) is 14.0 Å². The summed E-state index contributed by atoms with van der Waals surface area (Å²) < 4.78 is 18.9. The number of allylic oxidation sites excluding steroid dienone is 1. The third-order valence-electron chi connectivity index (χ3n) is 7.91. The van der Waals surface area contributed by atoms with E-state index in [0.717, 1.165) is 12.8 Å². The molecular formula is C23H40BNO4. The molecule has 4 rings (SSSR count). The Morgan fingerprint density at radius 3 is 2.00 bits per heavy atom. The van der Waals surface area contributed by atoms with Crippen molar-refractivity contribution in [2.45, 2.75) is 111 Å². The van der Waals surface area contributed by atoms with Crippen LogP contribution in [0.1, 0.15) is 82.1 Å². The number of ether oxygens (including phenoxy) is 1. The largest absolute Gasteiger partial charge is 0.506 e. The second-order valence-corrected chi connectivity index (χ2v) is 11.3. The summed E-state index contributed by atoms with van der Waals surface area (Å²) in [5.41, 5.74) is 0.473.